The van der Waals surface area contributed by atoms with Gasteiger partial charge in [-0.2, -0.15) is 24.0 Å². The molecule has 0 fully saturated rings. The first-order valence-corrected chi connectivity index (χ1v) is 0.894. The number of nitriles is 2. The van der Waals surface area contributed by atoms with Crippen molar-refractivity contribution in [2.45, 2.75) is 0 Å². The Kier molecular flexibility index (Phi) is 211. The number of hydrogen-bond donors (Lipinski definition) is 2. The van der Waals surface area contributed by atoms with Gasteiger partial charge in [0.1, 0.15) is 0 Å². The van der Waals surface area contributed by atoms with E-state index in [9.17, 15) is 0 Å². The summed E-state index contributed by atoms with van der Waals surface area (Å²) in [7, 11) is 0. The molecule has 0 unspecified atom stereocenters. The molecule has 0 aromatic rings. The van der Waals surface area contributed by atoms with Crippen molar-refractivity contribution in [2.24, 2.45) is 0 Å². The Balaban J connectivity index is -0.0000000400. The molecular weight excluding hydrogens is 116 g/mol. The third kappa shape index (κ3) is 37.0. The molecule has 0 aromatic carbocycles. The van der Waals surface area contributed by atoms with Gasteiger partial charge in [0, 0.05) is 0 Å². The summed E-state index contributed by atoms with van der Waals surface area (Å²) in [5, 5.41) is 27.5. The zero-order valence-electron chi connectivity index (χ0n) is 3.29. The Morgan fingerprint density at radius 1 is 1.00 bits per heavy atom. The van der Waals surface area contributed by atoms with Gasteiger partial charge in [0.25, 0.3) is 12.5 Å². The highest BCUT2D eigenvalue weighted by molar-refractivity contribution is 7.59. The standard InChI is InChI=1S/2CHNO.H2S/c2*2-1-3;/h2*3H;1H2. The Hall–Kier alpha value is -1.07. The third-order valence-corrected chi connectivity index (χ3v) is 0. The van der Waals surface area contributed by atoms with Crippen LogP contribution in [0.5, 0.6) is 0 Å². The summed E-state index contributed by atoms with van der Waals surface area (Å²) in [6.45, 7) is 0. The van der Waals surface area contributed by atoms with Crippen LogP contribution in [0.2, 0.25) is 0 Å². The third-order valence-electron chi connectivity index (χ3n) is 0. The highest BCUT2D eigenvalue weighted by Crippen LogP contribution is 1.06. The molecule has 0 atom stereocenters. The molecule has 0 saturated heterocycles. The number of rotatable bonds is 0. The number of hydrogen-bond acceptors (Lipinski definition) is 4. The quantitative estimate of drug-likeness (QED) is 0.433. The van der Waals surface area contributed by atoms with E-state index in [2.05, 4.69) is 0 Å². The largest absolute Gasteiger partial charge is 0.443 e. The normalized spacial score (nSPS) is 2.00. The van der Waals surface area contributed by atoms with Crippen LogP contribution in [0.1, 0.15) is 0 Å². The van der Waals surface area contributed by atoms with Crippen molar-refractivity contribution >= 4 is 13.5 Å². The van der Waals surface area contributed by atoms with Gasteiger partial charge in [0.2, 0.25) is 0 Å². The molecule has 2 N–H and O–H groups in total. The predicted molar refractivity (Wildman–Crippen MR) is 25.5 cm³/mol. The number of aliphatic hydroxyl groups excluding tert-OH is 2. The molecule has 0 aliphatic rings. The first-order chi connectivity index (χ1) is 2.83. The van der Waals surface area contributed by atoms with Crippen molar-refractivity contribution in [2.75, 3.05) is 0 Å². The Morgan fingerprint density at radius 3 is 1.00 bits per heavy atom. The highest BCUT2D eigenvalue weighted by Gasteiger charge is 1.16. The Labute approximate surface area is 47.7 Å². The van der Waals surface area contributed by atoms with E-state index in [1.165, 1.54) is 0 Å². The smallest absolute Gasteiger partial charge is 0.283 e. The highest BCUT2D eigenvalue weighted by atomic mass is 32.1. The SMILES string of the molecule is N#CO.N#CO.S. The minimum absolute atomic E-state index is 0. The molecule has 0 bridgehead atoms. The second kappa shape index (κ2) is 88.0. The lowest BCUT2D eigenvalue weighted by molar-refractivity contribution is 0.502. The van der Waals surface area contributed by atoms with Crippen LogP contribution in [0, 0.1) is 23.0 Å². The van der Waals surface area contributed by atoms with Crippen LogP contribution in [0.15, 0.2) is 0 Å². The molecular formula is C2H4N2O2S. The Morgan fingerprint density at radius 2 is 1.00 bits per heavy atom. The maximum absolute atomic E-state index is 6.88. The van der Waals surface area contributed by atoms with Gasteiger partial charge >= 0.3 is 0 Å². The second-order valence-corrected chi connectivity index (χ2v) is 0.200. The average molecular weight is 120 g/mol. The van der Waals surface area contributed by atoms with Gasteiger partial charge in [0.05, 0.1) is 0 Å². The van der Waals surface area contributed by atoms with Gasteiger partial charge in [-0.05, 0) is 0 Å². The van der Waals surface area contributed by atoms with E-state index in [0.29, 0.717) is 0 Å². The lowest BCUT2D eigenvalue weighted by Gasteiger charge is -1.25. The zero-order valence-corrected chi connectivity index (χ0v) is 4.29. The summed E-state index contributed by atoms with van der Waals surface area (Å²) < 4.78 is 0. The Bertz CT molecular complexity index is 68.7. The van der Waals surface area contributed by atoms with Gasteiger partial charge in [0.15, 0.2) is 0 Å². The van der Waals surface area contributed by atoms with Crippen LogP contribution in [-0.4, -0.2) is 10.2 Å². The second-order valence-electron chi connectivity index (χ2n) is 0.200. The van der Waals surface area contributed by atoms with E-state index in [-0.39, 0.29) is 13.5 Å². The summed E-state index contributed by atoms with van der Waals surface area (Å²) >= 11 is 0. The van der Waals surface area contributed by atoms with Gasteiger partial charge in [-0.15, -0.1) is 0 Å². The first kappa shape index (κ1) is 16.8. The van der Waals surface area contributed by atoms with Crippen molar-refractivity contribution in [1.82, 2.24) is 0 Å². The summed E-state index contributed by atoms with van der Waals surface area (Å²) in [6, 6.07) is 0. The van der Waals surface area contributed by atoms with Crippen LogP contribution in [0.4, 0.5) is 0 Å². The van der Waals surface area contributed by atoms with Gasteiger partial charge in [-0.25, -0.2) is 0 Å². The van der Waals surface area contributed by atoms with E-state index in [1.54, 1.807) is 0 Å². The molecule has 0 radical (unpaired) electrons. The van der Waals surface area contributed by atoms with Crippen LogP contribution in [0.3, 0.4) is 0 Å². The molecule has 0 saturated carbocycles. The lowest BCUT2D eigenvalue weighted by Crippen LogP contribution is -1.27. The van der Waals surface area contributed by atoms with Crippen molar-refractivity contribution in [3.8, 4) is 12.5 Å². The molecule has 4 nitrogen and oxygen atoms in total. The summed E-state index contributed by atoms with van der Waals surface area (Å²) in [4.78, 5) is 0. The van der Waals surface area contributed by atoms with Crippen LogP contribution >= 0.6 is 13.5 Å². The molecule has 0 amide bonds. The van der Waals surface area contributed by atoms with Crippen molar-refractivity contribution in [3.05, 3.63) is 0 Å². The van der Waals surface area contributed by atoms with Crippen LogP contribution < -0.4 is 0 Å². The minimum Gasteiger partial charge on any atom is -0.443 e. The van der Waals surface area contributed by atoms with Crippen LogP contribution in [0.25, 0.3) is 0 Å². The van der Waals surface area contributed by atoms with Gasteiger partial charge in [-0.3, -0.25) is 0 Å². The molecule has 5 heteroatoms. The predicted octanol–water partition coefficient (Wildman–Crippen LogP) is -0.207. The molecule has 0 aliphatic heterocycles. The number of aliphatic hydroxyl groups is 2. The lowest BCUT2D eigenvalue weighted by atomic mass is 11.6. The van der Waals surface area contributed by atoms with E-state index in [4.69, 9.17) is 20.7 Å². The fraction of sp³-hybridized carbons (Fsp3) is 0. The molecule has 0 aromatic heterocycles. The molecule has 0 rings (SSSR count). The van der Waals surface area contributed by atoms with E-state index in [0.717, 1.165) is 12.5 Å². The van der Waals surface area contributed by atoms with Gasteiger partial charge < -0.3 is 10.2 Å². The fourth-order valence-corrected chi connectivity index (χ4v) is 0. The van der Waals surface area contributed by atoms with Crippen LogP contribution in [-0.2, 0) is 0 Å². The van der Waals surface area contributed by atoms with E-state index < -0.39 is 0 Å². The molecule has 0 aliphatic carbocycles. The summed E-state index contributed by atoms with van der Waals surface area (Å²) in [5.41, 5.74) is 0. The van der Waals surface area contributed by atoms with Crippen molar-refractivity contribution in [3.63, 3.8) is 0 Å². The van der Waals surface area contributed by atoms with Crippen molar-refractivity contribution < 1.29 is 10.2 Å². The maximum atomic E-state index is 6.88. The maximum Gasteiger partial charge on any atom is 0.283 e. The summed E-state index contributed by atoms with van der Waals surface area (Å²) in [5.74, 6) is 0. The van der Waals surface area contributed by atoms with E-state index in [1.807, 2.05) is 0 Å². The average Bonchev–Trinajstić information content (AvgIpc) is 1.39. The molecule has 0 heterocycles. The first-order valence-electron chi connectivity index (χ1n) is 0.894. The minimum atomic E-state index is 0. The van der Waals surface area contributed by atoms with Gasteiger partial charge in [-0.1, -0.05) is 0 Å². The van der Waals surface area contributed by atoms with E-state index >= 15 is 0 Å². The van der Waals surface area contributed by atoms with Crippen molar-refractivity contribution in [1.29, 1.82) is 10.5 Å². The molecule has 7 heavy (non-hydrogen) atoms. The molecule has 0 spiro atoms. The summed E-state index contributed by atoms with van der Waals surface area (Å²) in [6.07, 6.45) is 1.50. The monoisotopic (exact) mass is 120 g/mol. The molecule has 40 valence electrons. The number of nitrogens with zero attached hydrogens (tertiary/aromatic N) is 2. The zero-order chi connectivity index (χ0) is 5.41. The topological polar surface area (TPSA) is 88.0 Å². The fourth-order valence-electron chi connectivity index (χ4n) is 0.